The molecule has 1 heterocycles. The SMILES string of the molecule is CCOC(=O)C[C@H](NC(=O)Nc1c(O)cc(C)n(C)c1=O)c1cc(-c2cccc(OC)c2)ccc1F. The van der Waals surface area contributed by atoms with Crippen molar-refractivity contribution in [3.8, 4) is 22.6 Å². The molecule has 190 valence electrons. The first-order valence-corrected chi connectivity index (χ1v) is 11.2. The Morgan fingerprint density at radius 3 is 2.56 bits per heavy atom. The molecule has 3 aromatic rings. The molecule has 9 nitrogen and oxygen atoms in total. The number of ether oxygens (including phenoxy) is 2. The Balaban J connectivity index is 1.96. The van der Waals surface area contributed by atoms with Gasteiger partial charge in [0.2, 0.25) is 0 Å². The Labute approximate surface area is 207 Å². The Morgan fingerprint density at radius 1 is 1.14 bits per heavy atom. The van der Waals surface area contributed by atoms with Gasteiger partial charge in [-0.15, -0.1) is 0 Å². The lowest BCUT2D eigenvalue weighted by atomic mass is 9.97. The van der Waals surface area contributed by atoms with Crippen molar-refractivity contribution in [3.05, 3.63) is 76.0 Å². The summed E-state index contributed by atoms with van der Waals surface area (Å²) in [5, 5.41) is 15.0. The second-order valence-electron chi connectivity index (χ2n) is 8.04. The predicted molar refractivity (Wildman–Crippen MR) is 133 cm³/mol. The van der Waals surface area contributed by atoms with Crippen molar-refractivity contribution in [2.75, 3.05) is 19.0 Å². The van der Waals surface area contributed by atoms with Gasteiger partial charge in [0.25, 0.3) is 5.56 Å². The van der Waals surface area contributed by atoms with E-state index < -0.39 is 35.2 Å². The largest absolute Gasteiger partial charge is 0.505 e. The number of nitrogens with one attached hydrogen (secondary N) is 2. The summed E-state index contributed by atoms with van der Waals surface area (Å²) in [4.78, 5) is 37.6. The molecule has 10 heteroatoms. The quantitative estimate of drug-likeness (QED) is 0.405. The Kier molecular flexibility index (Phi) is 8.31. The molecule has 0 saturated carbocycles. The molecule has 3 N–H and O–H groups in total. The summed E-state index contributed by atoms with van der Waals surface area (Å²) in [6.45, 7) is 3.36. The number of rotatable bonds is 8. The third-order valence-electron chi connectivity index (χ3n) is 5.64. The summed E-state index contributed by atoms with van der Waals surface area (Å²) in [5.41, 5.74) is 0.922. The van der Waals surface area contributed by atoms with E-state index in [1.54, 1.807) is 38.1 Å². The van der Waals surface area contributed by atoms with Gasteiger partial charge >= 0.3 is 12.0 Å². The molecule has 0 fully saturated rings. The van der Waals surface area contributed by atoms with Crippen LogP contribution in [0.15, 0.2) is 53.3 Å². The van der Waals surface area contributed by atoms with E-state index in [1.807, 2.05) is 6.07 Å². The summed E-state index contributed by atoms with van der Waals surface area (Å²) < 4.78 is 26.5. The third-order valence-corrected chi connectivity index (χ3v) is 5.64. The first kappa shape index (κ1) is 26.3. The Hall–Kier alpha value is -4.34. The number of aromatic nitrogens is 1. The van der Waals surface area contributed by atoms with Crippen molar-refractivity contribution in [2.24, 2.45) is 7.05 Å². The van der Waals surface area contributed by atoms with Crippen LogP contribution < -0.4 is 20.9 Å². The van der Waals surface area contributed by atoms with E-state index in [1.165, 1.54) is 36.9 Å². The predicted octanol–water partition coefficient (Wildman–Crippen LogP) is 4.03. The highest BCUT2D eigenvalue weighted by atomic mass is 19.1. The average molecular weight is 498 g/mol. The molecule has 2 amide bonds. The van der Waals surface area contributed by atoms with Crippen molar-refractivity contribution in [3.63, 3.8) is 0 Å². The highest BCUT2D eigenvalue weighted by Gasteiger charge is 2.24. The van der Waals surface area contributed by atoms with Crippen LogP contribution in [-0.2, 0) is 16.6 Å². The van der Waals surface area contributed by atoms with Crippen molar-refractivity contribution >= 4 is 17.7 Å². The van der Waals surface area contributed by atoms with E-state index in [4.69, 9.17) is 9.47 Å². The van der Waals surface area contributed by atoms with Crippen LogP contribution >= 0.6 is 0 Å². The molecule has 0 aliphatic rings. The second-order valence-corrected chi connectivity index (χ2v) is 8.04. The van der Waals surface area contributed by atoms with Gasteiger partial charge in [0, 0.05) is 24.4 Å². The number of hydrogen-bond acceptors (Lipinski definition) is 6. The maximum Gasteiger partial charge on any atom is 0.319 e. The van der Waals surface area contributed by atoms with E-state index in [0.717, 1.165) is 5.56 Å². The van der Waals surface area contributed by atoms with Gasteiger partial charge in [0.15, 0.2) is 5.69 Å². The highest BCUT2D eigenvalue weighted by molar-refractivity contribution is 5.91. The van der Waals surface area contributed by atoms with Gasteiger partial charge in [-0.1, -0.05) is 18.2 Å². The Morgan fingerprint density at radius 2 is 1.86 bits per heavy atom. The van der Waals surface area contributed by atoms with Crippen LogP contribution in [0, 0.1) is 12.7 Å². The average Bonchev–Trinajstić information content (AvgIpc) is 2.85. The third kappa shape index (κ3) is 6.01. The molecule has 1 aromatic heterocycles. The summed E-state index contributed by atoms with van der Waals surface area (Å²) in [7, 11) is 3.02. The fraction of sp³-hybridized carbons (Fsp3) is 0.269. The van der Waals surface area contributed by atoms with Gasteiger partial charge in [-0.05, 0) is 49.2 Å². The first-order valence-electron chi connectivity index (χ1n) is 11.2. The number of nitrogens with zero attached hydrogens (tertiary/aromatic N) is 1. The number of aryl methyl sites for hydroxylation is 1. The van der Waals surface area contributed by atoms with Crippen LogP contribution in [0.3, 0.4) is 0 Å². The van der Waals surface area contributed by atoms with Gasteiger partial charge in [0.05, 0.1) is 26.2 Å². The number of methoxy groups -OCH3 is 1. The molecule has 0 radical (unpaired) electrons. The van der Waals surface area contributed by atoms with Crippen molar-refractivity contribution in [2.45, 2.75) is 26.3 Å². The van der Waals surface area contributed by atoms with Crippen LogP contribution in [0.5, 0.6) is 11.5 Å². The van der Waals surface area contributed by atoms with Gasteiger partial charge in [-0.25, -0.2) is 9.18 Å². The minimum absolute atomic E-state index is 0.0413. The van der Waals surface area contributed by atoms with Crippen LogP contribution in [-0.4, -0.2) is 35.4 Å². The lowest BCUT2D eigenvalue weighted by Crippen LogP contribution is -2.36. The van der Waals surface area contributed by atoms with E-state index in [9.17, 15) is 23.9 Å². The lowest BCUT2D eigenvalue weighted by molar-refractivity contribution is -0.143. The zero-order chi connectivity index (χ0) is 26.4. The molecule has 0 aliphatic carbocycles. The number of carbonyl (C=O) groups excluding carboxylic acids is 2. The number of carbonyl (C=O) groups is 2. The summed E-state index contributed by atoms with van der Waals surface area (Å²) >= 11 is 0. The molecule has 0 spiro atoms. The number of aromatic hydroxyl groups is 1. The fourth-order valence-corrected chi connectivity index (χ4v) is 3.65. The number of halogens is 1. The van der Waals surface area contributed by atoms with Crippen LogP contribution in [0.1, 0.15) is 30.6 Å². The van der Waals surface area contributed by atoms with Gasteiger partial charge < -0.3 is 29.8 Å². The van der Waals surface area contributed by atoms with E-state index in [0.29, 0.717) is 17.0 Å². The smallest absolute Gasteiger partial charge is 0.319 e. The first-order chi connectivity index (χ1) is 17.1. The topological polar surface area (TPSA) is 119 Å². The van der Waals surface area contributed by atoms with Crippen LogP contribution in [0.25, 0.3) is 11.1 Å². The van der Waals surface area contributed by atoms with Crippen molar-refractivity contribution in [1.82, 2.24) is 9.88 Å². The maximum absolute atomic E-state index is 15.0. The summed E-state index contributed by atoms with van der Waals surface area (Å²) in [6, 6.07) is 10.8. The molecular formula is C26H28FN3O6. The van der Waals surface area contributed by atoms with Crippen molar-refractivity contribution in [1.29, 1.82) is 0 Å². The highest BCUT2D eigenvalue weighted by Crippen LogP contribution is 2.30. The zero-order valence-corrected chi connectivity index (χ0v) is 20.4. The lowest BCUT2D eigenvalue weighted by Gasteiger charge is -2.21. The number of urea groups is 1. The van der Waals surface area contributed by atoms with E-state index in [2.05, 4.69) is 10.6 Å². The van der Waals surface area contributed by atoms with E-state index in [-0.39, 0.29) is 24.3 Å². The molecule has 36 heavy (non-hydrogen) atoms. The molecule has 0 unspecified atom stereocenters. The molecule has 1 atom stereocenters. The minimum Gasteiger partial charge on any atom is -0.505 e. The Bertz CT molecular complexity index is 1340. The molecule has 0 bridgehead atoms. The minimum atomic E-state index is -1.13. The number of pyridine rings is 1. The monoisotopic (exact) mass is 497 g/mol. The van der Waals surface area contributed by atoms with Crippen LogP contribution in [0.4, 0.5) is 14.9 Å². The molecule has 0 saturated heterocycles. The standard InChI is InChI=1S/C26H28FN3O6/c1-5-36-23(32)14-21(28-26(34)29-24-22(31)11-15(2)30(3)25(24)33)19-13-17(9-10-20(19)27)16-7-6-8-18(12-16)35-4/h6-13,21,31H,5,14H2,1-4H3,(H2,28,29,34)/t21-/m0/s1. The number of benzene rings is 2. The van der Waals surface area contributed by atoms with Gasteiger partial charge in [0.1, 0.15) is 17.3 Å². The molecule has 0 aliphatic heterocycles. The van der Waals surface area contributed by atoms with Crippen molar-refractivity contribution < 1.29 is 28.6 Å². The van der Waals surface area contributed by atoms with Gasteiger partial charge in [-0.2, -0.15) is 0 Å². The summed E-state index contributed by atoms with van der Waals surface area (Å²) in [5.74, 6) is -1.11. The normalized spacial score (nSPS) is 11.5. The van der Waals surface area contributed by atoms with E-state index >= 15 is 0 Å². The number of esters is 1. The van der Waals surface area contributed by atoms with Crippen LogP contribution in [0.2, 0.25) is 0 Å². The molecule has 3 rings (SSSR count). The fourth-order valence-electron chi connectivity index (χ4n) is 3.65. The van der Waals surface area contributed by atoms with Gasteiger partial charge in [-0.3, -0.25) is 9.59 Å². The maximum atomic E-state index is 15.0. The zero-order valence-electron chi connectivity index (χ0n) is 20.4. The second kappa shape index (κ2) is 11.4. The number of anilines is 1. The summed E-state index contributed by atoms with van der Waals surface area (Å²) in [6.07, 6.45) is -0.363. The molecule has 2 aromatic carbocycles. The number of amides is 2. The molecular weight excluding hydrogens is 469 g/mol. The number of hydrogen-bond donors (Lipinski definition) is 3.